The highest BCUT2D eigenvalue weighted by molar-refractivity contribution is 5.97. The first-order valence-electron chi connectivity index (χ1n) is 18.2. The Bertz CT molecular complexity index is 1650. The van der Waals surface area contributed by atoms with E-state index in [1.807, 2.05) is 40.1 Å². The SMILES string of the molecule is CCN(C(=O)c1cc(F)ccc1Oc1cncnc1N1CC2(CC(Oc3ccnc4c3CN(CC(CN3CCCC3)OC)CC4)C2)C1)C(C)C. The third kappa shape index (κ3) is 7.29. The van der Waals surface area contributed by atoms with Crippen molar-refractivity contribution in [2.45, 2.75) is 77.7 Å². The van der Waals surface area contributed by atoms with Crippen molar-refractivity contribution in [1.82, 2.24) is 29.7 Å². The molecule has 0 N–H and O–H groups in total. The van der Waals surface area contributed by atoms with Crippen LogP contribution in [-0.4, -0.2) is 113 Å². The molecule has 1 amide bonds. The normalized spacial score (nSPS) is 19.6. The summed E-state index contributed by atoms with van der Waals surface area (Å²) < 4.78 is 33.2. The molecule has 12 heteroatoms. The first kappa shape index (κ1) is 34.6. The monoisotopic (exact) mass is 687 g/mol. The summed E-state index contributed by atoms with van der Waals surface area (Å²) in [7, 11) is 1.83. The van der Waals surface area contributed by atoms with Gasteiger partial charge in [-0.15, -0.1) is 0 Å². The molecule has 1 aliphatic carbocycles. The topological polar surface area (TPSA) is 96.4 Å². The highest BCUT2D eigenvalue weighted by Crippen LogP contribution is 2.52. The summed E-state index contributed by atoms with van der Waals surface area (Å²) in [5.41, 5.74) is 2.69. The molecular weight excluding hydrogens is 637 g/mol. The summed E-state index contributed by atoms with van der Waals surface area (Å²) in [5, 5.41) is 0. The molecule has 1 unspecified atom stereocenters. The molecule has 1 atom stereocenters. The number of methoxy groups -OCH3 is 1. The van der Waals surface area contributed by atoms with Crippen molar-refractivity contribution < 1.29 is 23.4 Å². The van der Waals surface area contributed by atoms with Crippen LogP contribution < -0.4 is 14.4 Å². The van der Waals surface area contributed by atoms with Gasteiger partial charge in [0.2, 0.25) is 0 Å². The van der Waals surface area contributed by atoms with Gasteiger partial charge in [0.1, 0.15) is 29.7 Å². The molecule has 0 bridgehead atoms. The number of hydrogen-bond donors (Lipinski definition) is 0. The van der Waals surface area contributed by atoms with Gasteiger partial charge in [0.15, 0.2) is 11.6 Å². The summed E-state index contributed by atoms with van der Waals surface area (Å²) in [5.74, 6) is 1.57. The molecule has 3 aromatic rings. The molecule has 5 heterocycles. The number of ether oxygens (including phenoxy) is 3. The number of carbonyl (C=O) groups is 1. The van der Waals surface area contributed by atoms with E-state index in [0.29, 0.717) is 18.1 Å². The molecule has 7 rings (SSSR count). The number of carbonyl (C=O) groups excluding carboxylic acids is 1. The number of pyridine rings is 1. The van der Waals surface area contributed by atoms with Crippen molar-refractivity contribution in [1.29, 1.82) is 0 Å². The number of amides is 1. The van der Waals surface area contributed by atoms with Gasteiger partial charge in [0.05, 0.1) is 17.9 Å². The zero-order valence-electron chi connectivity index (χ0n) is 29.8. The maximum absolute atomic E-state index is 14.3. The number of aromatic nitrogens is 3. The van der Waals surface area contributed by atoms with Crippen molar-refractivity contribution in [3.05, 3.63) is 65.6 Å². The summed E-state index contributed by atoms with van der Waals surface area (Å²) in [4.78, 5) is 35.7. The minimum Gasteiger partial charge on any atom is -0.490 e. The Morgan fingerprint density at radius 3 is 2.56 bits per heavy atom. The maximum Gasteiger partial charge on any atom is 0.257 e. The quantitative estimate of drug-likeness (QED) is 0.239. The third-order valence-electron chi connectivity index (χ3n) is 10.8. The summed E-state index contributed by atoms with van der Waals surface area (Å²) in [6.07, 6.45) is 10.8. The molecule has 0 radical (unpaired) electrons. The summed E-state index contributed by atoms with van der Waals surface area (Å²) in [6, 6.07) is 6.03. The van der Waals surface area contributed by atoms with E-state index < -0.39 is 5.82 Å². The molecule has 3 aliphatic heterocycles. The first-order valence-corrected chi connectivity index (χ1v) is 18.2. The average molecular weight is 688 g/mol. The lowest BCUT2D eigenvalue weighted by molar-refractivity contribution is -0.0354. The van der Waals surface area contributed by atoms with Crippen LogP contribution >= 0.6 is 0 Å². The Balaban J connectivity index is 0.962. The lowest BCUT2D eigenvalue weighted by Crippen LogP contribution is -2.65. The Morgan fingerprint density at radius 1 is 1.04 bits per heavy atom. The number of rotatable bonds is 13. The molecule has 4 aliphatic rings. The third-order valence-corrected chi connectivity index (χ3v) is 10.8. The second-order valence-corrected chi connectivity index (χ2v) is 14.7. The number of fused-ring (bicyclic) bond motifs is 1. The van der Waals surface area contributed by atoms with Crippen LogP contribution in [0.15, 0.2) is 43.0 Å². The smallest absolute Gasteiger partial charge is 0.257 e. The van der Waals surface area contributed by atoms with E-state index in [1.165, 1.54) is 56.0 Å². The van der Waals surface area contributed by atoms with Crippen molar-refractivity contribution >= 4 is 11.7 Å². The van der Waals surface area contributed by atoms with Gasteiger partial charge in [-0.2, -0.15) is 0 Å². The number of anilines is 1. The fourth-order valence-corrected chi connectivity index (χ4v) is 8.22. The zero-order valence-corrected chi connectivity index (χ0v) is 29.8. The van der Waals surface area contributed by atoms with Crippen molar-refractivity contribution in [2.24, 2.45) is 5.41 Å². The molecule has 3 fully saturated rings. The molecule has 2 saturated heterocycles. The van der Waals surface area contributed by atoms with Crippen LogP contribution in [0.5, 0.6) is 17.2 Å². The van der Waals surface area contributed by atoms with Crippen LogP contribution in [-0.2, 0) is 17.7 Å². The average Bonchev–Trinajstić information content (AvgIpc) is 3.59. The van der Waals surface area contributed by atoms with Crippen LogP contribution in [0.25, 0.3) is 0 Å². The van der Waals surface area contributed by atoms with Crippen LogP contribution in [0.4, 0.5) is 10.2 Å². The van der Waals surface area contributed by atoms with Gasteiger partial charge in [-0.1, -0.05) is 0 Å². The Hall–Kier alpha value is -3.87. The minimum absolute atomic E-state index is 0.0383. The standard InChI is InChI=1S/C38H50FN7O4/c1-5-46(26(2)3)37(47)30-16-27(39)8-9-33(30)50-35-19-40-25-42-36(35)45-23-38(24-45)17-28(18-38)49-34-10-12-41-32-11-15-44(22-31(32)34)21-29(48-4)20-43-13-6-7-14-43/h8-10,12,16,19,25-26,28-29H,5-7,11,13-15,17-18,20-24H2,1-4H3. The largest absolute Gasteiger partial charge is 0.490 e. The number of hydrogen-bond acceptors (Lipinski definition) is 10. The van der Waals surface area contributed by atoms with Crippen molar-refractivity contribution in [3.8, 4) is 17.2 Å². The van der Waals surface area contributed by atoms with Gasteiger partial charge in [-0.25, -0.2) is 14.4 Å². The van der Waals surface area contributed by atoms with Gasteiger partial charge >= 0.3 is 0 Å². The molecule has 1 aromatic carbocycles. The zero-order chi connectivity index (χ0) is 34.8. The molecule has 2 aromatic heterocycles. The fourth-order valence-electron chi connectivity index (χ4n) is 8.22. The molecule has 50 heavy (non-hydrogen) atoms. The van der Waals surface area contributed by atoms with Gasteiger partial charge in [0, 0.05) is 88.3 Å². The summed E-state index contributed by atoms with van der Waals surface area (Å²) >= 11 is 0. The maximum atomic E-state index is 14.3. The molecule has 11 nitrogen and oxygen atoms in total. The lowest BCUT2D eigenvalue weighted by atomic mass is 9.61. The number of halogens is 1. The summed E-state index contributed by atoms with van der Waals surface area (Å²) in [6.45, 7) is 14.0. The Labute approximate surface area is 294 Å². The van der Waals surface area contributed by atoms with E-state index in [1.54, 1.807) is 11.1 Å². The molecule has 1 spiro atoms. The number of benzene rings is 1. The molecule has 1 saturated carbocycles. The highest BCUT2D eigenvalue weighted by atomic mass is 19.1. The predicted octanol–water partition coefficient (Wildman–Crippen LogP) is 5.19. The van der Waals surface area contributed by atoms with Crippen LogP contribution in [0.3, 0.4) is 0 Å². The Kier molecular flexibility index (Phi) is 10.2. The van der Waals surface area contributed by atoms with Gasteiger partial charge < -0.3 is 28.9 Å². The van der Waals surface area contributed by atoms with Crippen LogP contribution in [0.2, 0.25) is 0 Å². The van der Waals surface area contributed by atoms with E-state index in [9.17, 15) is 9.18 Å². The lowest BCUT2D eigenvalue weighted by Gasteiger charge is -2.59. The number of likely N-dealkylation sites (tertiary alicyclic amines) is 1. The van der Waals surface area contributed by atoms with Crippen LogP contribution in [0, 0.1) is 11.2 Å². The van der Waals surface area contributed by atoms with Gasteiger partial charge in [0.25, 0.3) is 5.91 Å². The van der Waals surface area contributed by atoms with E-state index in [2.05, 4.69) is 24.7 Å². The molecular formula is C38H50FN7O4. The van der Waals surface area contributed by atoms with E-state index >= 15 is 0 Å². The van der Waals surface area contributed by atoms with E-state index in [4.69, 9.17) is 19.2 Å². The van der Waals surface area contributed by atoms with Gasteiger partial charge in [-0.05, 0) is 83.8 Å². The number of nitrogens with zero attached hydrogens (tertiary/aromatic N) is 7. The predicted molar refractivity (Wildman–Crippen MR) is 188 cm³/mol. The Morgan fingerprint density at radius 2 is 1.82 bits per heavy atom. The van der Waals surface area contributed by atoms with Gasteiger partial charge in [-0.3, -0.25) is 14.7 Å². The van der Waals surface area contributed by atoms with Crippen molar-refractivity contribution in [2.75, 3.05) is 64.4 Å². The molecule has 268 valence electrons. The van der Waals surface area contributed by atoms with Crippen molar-refractivity contribution in [3.63, 3.8) is 0 Å². The highest BCUT2D eigenvalue weighted by Gasteiger charge is 2.54. The minimum atomic E-state index is -0.492. The van der Waals surface area contributed by atoms with Crippen LogP contribution in [0.1, 0.15) is 68.1 Å². The fraction of sp³-hybridized carbons (Fsp3) is 0.579. The van der Waals surface area contributed by atoms with E-state index in [0.717, 1.165) is 70.0 Å². The second kappa shape index (κ2) is 14.8. The second-order valence-electron chi connectivity index (χ2n) is 14.7. The van der Waals surface area contributed by atoms with E-state index in [-0.39, 0.29) is 40.9 Å². The first-order chi connectivity index (χ1) is 24.2.